The molecule has 110 valence electrons. The van der Waals surface area contributed by atoms with Gasteiger partial charge in [-0.2, -0.15) is 0 Å². The first-order chi connectivity index (χ1) is 8.98. The smallest absolute Gasteiger partial charge is 0.127 e. The summed E-state index contributed by atoms with van der Waals surface area (Å²) < 4.78 is 24.9. The highest BCUT2D eigenvalue weighted by Gasteiger charge is 2.58. The van der Waals surface area contributed by atoms with E-state index in [-0.39, 0.29) is 11.5 Å². The lowest BCUT2D eigenvalue weighted by Gasteiger charge is -2.38. The largest absolute Gasteiger partial charge is 0.393 e. The van der Waals surface area contributed by atoms with Gasteiger partial charge in [-0.05, 0) is 39.5 Å². The lowest BCUT2D eigenvalue weighted by Crippen LogP contribution is -2.47. The van der Waals surface area contributed by atoms with E-state index in [0.717, 1.165) is 6.42 Å². The number of alkyl halides is 1. The molecule has 3 nitrogen and oxygen atoms in total. The quantitative estimate of drug-likeness (QED) is 0.618. The fraction of sp³-hybridized carbons (Fsp3) is 0.867. The summed E-state index contributed by atoms with van der Waals surface area (Å²) in [6.07, 6.45) is 2.57. The molecule has 2 aliphatic rings. The molecule has 5 atom stereocenters. The molecule has 1 spiro atoms. The number of epoxide rings is 1. The zero-order valence-electron chi connectivity index (χ0n) is 12.1. The van der Waals surface area contributed by atoms with Crippen LogP contribution in [-0.2, 0) is 9.47 Å². The number of halogens is 1. The summed E-state index contributed by atoms with van der Waals surface area (Å²) in [5.41, 5.74) is 0.960. The molecule has 0 bridgehead atoms. The first-order valence-corrected chi connectivity index (χ1v) is 7.11. The Labute approximate surface area is 114 Å². The third kappa shape index (κ3) is 3.36. The van der Waals surface area contributed by atoms with Gasteiger partial charge in [0.15, 0.2) is 0 Å². The van der Waals surface area contributed by atoms with E-state index in [1.807, 2.05) is 19.9 Å². The first kappa shape index (κ1) is 14.9. The summed E-state index contributed by atoms with van der Waals surface area (Å²) in [6, 6.07) is 0. The molecule has 0 aromatic carbocycles. The molecule has 5 unspecified atom stereocenters. The second-order valence-electron chi connectivity index (χ2n) is 6.12. The molecule has 0 amide bonds. The van der Waals surface area contributed by atoms with Gasteiger partial charge in [0.2, 0.25) is 0 Å². The van der Waals surface area contributed by atoms with Crippen molar-refractivity contribution in [3.8, 4) is 0 Å². The van der Waals surface area contributed by atoms with E-state index >= 15 is 0 Å². The van der Waals surface area contributed by atoms with E-state index in [9.17, 15) is 9.50 Å². The maximum absolute atomic E-state index is 14.0. The Kier molecular flexibility index (Phi) is 4.64. The van der Waals surface area contributed by atoms with Crippen molar-refractivity contribution in [2.75, 3.05) is 13.7 Å². The van der Waals surface area contributed by atoms with E-state index in [1.165, 1.54) is 5.57 Å². The highest BCUT2D eigenvalue weighted by molar-refractivity contribution is 5.07. The van der Waals surface area contributed by atoms with Crippen molar-refractivity contribution in [2.24, 2.45) is 5.92 Å². The Hall–Kier alpha value is -0.450. The van der Waals surface area contributed by atoms with Gasteiger partial charge in [-0.3, -0.25) is 0 Å². The van der Waals surface area contributed by atoms with Gasteiger partial charge in [-0.15, -0.1) is 0 Å². The monoisotopic (exact) mass is 272 g/mol. The fourth-order valence-electron chi connectivity index (χ4n) is 3.16. The molecule has 4 heteroatoms. The molecule has 1 aliphatic heterocycles. The number of methoxy groups -OCH3 is 1. The summed E-state index contributed by atoms with van der Waals surface area (Å²) in [6.45, 7) is 4.70. The van der Waals surface area contributed by atoms with Crippen LogP contribution in [0.3, 0.4) is 0 Å². The minimum atomic E-state index is -0.944. The summed E-state index contributed by atoms with van der Waals surface area (Å²) in [5.74, 6) is -0.0400. The Bertz CT molecular complexity index is 334. The summed E-state index contributed by atoms with van der Waals surface area (Å²) in [7, 11) is 1.55. The van der Waals surface area contributed by atoms with Crippen molar-refractivity contribution in [2.45, 2.75) is 63.5 Å². The number of hydrogen-bond donors (Lipinski definition) is 1. The maximum atomic E-state index is 14.0. The van der Waals surface area contributed by atoms with Crippen LogP contribution in [0.1, 0.15) is 39.5 Å². The van der Waals surface area contributed by atoms with Gasteiger partial charge in [0, 0.05) is 13.0 Å². The van der Waals surface area contributed by atoms with Crippen LogP contribution in [0.2, 0.25) is 0 Å². The van der Waals surface area contributed by atoms with E-state index in [0.29, 0.717) is 25.9 Å². The van der Waals surface area contributed by atoms with Crippen LogP contribution in [0.25, 0.3) is 0 Å². The van der Waals surface area contributed by atoms with Crippen molar-refractivity contribution in [3.63, 3.8) is 0 Å². The number of aliphatic hydroxyl groups is 1. The molecule has 0 aromatic rings. The van der Waals surface area contributed by atoms with Gasteiger partial charge in [0.25, 0.3) is 0 Å². The molecular weight excluding hydrogens is 247 g/mol. The topological polar surface area (TPSA) is 42.0 Å². The van der Waals surface area contributed by atoms with Crippen molar-refractivity contribution >= 4 is 0 Å². The van der Waals surface area contributed by atoms with E-state index < -0.39 is 18.4 Å². The highest BCUT2D eigenvalue weighted by atomic mass is 19.1. The fourth-order valence-corrected chi connectivity index (χ4v) is 3.16. The third-order valence-corrected chi connectivity index (χ3v) is 4.38. The predicted molar refractivity (Wildman–Crippen MR) is 71.8 cm³/mol. The maximum Gasteiger partial charge on any atom is 0.127 e. The molecular formula is C15H25FO3. The molecule has 19 heavy (non-hydrogen) atoms. The number of rotatable bonds is 5. The van der Waals surface area contributed by atoms with Crippen molar-refractivity contribution in [1.82, 2.24) is 0 Å². The number of allylic oxidation sites excluding steroid dienone is 1. The lowest BCUT2D eigenvalue weighted by molar-refractivity contribution is -0.0797. The van der Waals surface area contributed by atoms with Crippen molar-refractivity contribution < 1.29 is 19.0 Å². The molecule has 1 saturated heterocycles. The SMILES string of the molecule is COC1C(F)CCC2(CO2)C1CC(O)CC=C(C)C. The summed E-state index contributed by atoms with van der Waals surface area (Å²) in [4.78, 5) is 0. The van der Waals surface area contributed by atoms with E-state index in [2.05, 4.69) is 0 Å². The van der Waals surface area contributed by atoms with Gasteiger partial charge >= 0.3 is 0 Å². The second kappa shape index (κ2) is 5.90. The number of hydrogen-bond acceptors (Lipinski definition) is 3. The van der Waals surface area contributed by atoms with Crippen LogP contribution in [-0.4, -0.2) is 42.8 Å². The van der Waals surface area contributed by atoms with Gasteiger partial charge in [-0.25, -0.2) is 4.39 Å². The molecule has 1 saturated carbocycles. The van der Waals surface area contributed by atoms with Crippen LogP contribution in [0, 0.1) is 5.92 Å². The third-order valence-electron chi connectivity index (χ3n) is 4.38. The van der Waals surface area contributed by atoms with Crippen LogP contribution in [0.15, 0.2) is 11.6 Å². The normalized spacial score (nSPS) is 39.1. The van der Waals surface area contributed by atoms with Crippen LogP contribution < -0.4 is 0 Å². The molecule has 0 radical (unpaired) electrons. The average Bonchev–Trinajstić information content (AvgIpc) is 3.13. The average molecular weight is 272 g/mol. The number of aliphatic hydroxyl groups excluding tert-OH is 1. The van der Waals surface area contributed by atoms with E-state index in [1.54, 1.807) is 7.11 Å². The standard InChI is InChI=1S/C15H25FO3/c1-10(2)4-5-11(17)8-12-14(18-3)13(16)6-7-15(12)9-19-15/h4,11-14,17H,5-9H2,1-3H3. The Balaban J connectivity index is 2.00. The zero-order valence-corrected chi connectivity index (χ0v) is 12.1. The molecule has 0 aromatic heterocycles. The molecule has 2 rings (SSSR count). The summed E-state index contributed by atoms with van der Waals surface area (Å²) >= 11 is 0. The van der Waals surface area contributed by atoms with Gasteiger partial charge in [0.05, 0.1) is 24.4 Å². The molecule has 1 heterocycles. The van der Waals surface area contributed by atoms with Gasteiger partial charge < -0.3 is 14.6 Å². The minimum Gasteiger partial charge on any atom is -0.393 e. The molecule has 2 fully saturated rings. The zero-order chi connectivity index (χ0) is 14.0. The minimum absolute atomic E-state index is 0.0400. The van der Waals surface area contributed by atoms with Crippen LogP contribution in [0.4, 0.5) is 4.39 Å². The van der Waals surface area contributed by atoms with Crippen molar-refractivity contribution in [1.29, 1.82) is 0 Å². The first-order valence-electron chi connectivity index (χ1n) is 7.11. The van der Waals surface area contributed by atoms with Crippen molar-refractivity contribution in [3.05, 3.63) is 11.6 Å². The Morgan fingerprint density at radius 2 is 2.26 bits per heavy atom. The Morgan fingerprint density at radius 3 is 2.79 bits per heavy atom. The predicted octanol–water partition coefficient (Wildman–Crippen LogP) is 2.63. The van der Waals surface area contributed by atoms with E-state index in [4.69, 9.17) is 9.47 Å². The molecule has 1 N–H and O–H groups in total. The lowest BCUT2D eigenvalue weighted by atomic mass is 9.73. The van der Waals surface area contributed by atoms with Gasteiger partial charge in [0.1, 0.15) is 6.17 Å². The second-order valence-corrected chi connectivity index (χ2v) is 6.12. The highest BCUT2D eigenvalue weighted by Crippen LogP contribution is 2.49. The van der Waals surface area contributed by atoms with Gasteiger partial charge in [-0.1, -0.05) is 11.6 Å². The van der Waals surface area contributed by atoms with Crippen LogP contribution in [0.5, 0.6) is 0 Å². The molecule has 1 aliphatic carbocycles. The van der Waals surface area contributed by atoms with Crippen LogP contribution >= 0.6 is 0 Å². The Morgan fingerprint density at radius 1 is 1.58 bits per heavy atom. The summed E-state index contributed by atoms with van der Waals surface area (Å²) in [5, 5.41) is 10.1. The number of ether oxygens (including phenoxy) is 2.